The summed E-state index contributed by atoms with van der Waals surface area (Å²) in [6, 6.07) is 0.200. The summed E-state index contributed by atoms with van der Waals surface area (Å²) >= 11 is 0. The molecular weight excluding hydrogens is 214 g/mol. The van der Waals surface area contributed by atoms with Crippen molar-refractivity contribution in [1.29, 1.82) is 0 Å². The van der Waals surface area contributed by atoms with Crippen LogP contribution >= 0.6 is 0 Å². The van der Waals surface area contributed by atoms with Crippen LogP contribution < -0.4 is 11.1 Å². The summed E-state index contributed by atoms with van der Waals surface area (Å²) in [7, 11) is 0. The SMILES string of the molecule is CCN(CC)CC(C)NC(=O)C1(CN)CCC1. The first-order valence-electron chi connectivity index (χ1n) is 6.81. The maximum absolute atomic E-state index is 12.1. The van der Waals surface area contributed by atoms with Crippen LogP contribution in [0.1, 0.15) is 40.0 Å². The predicted octanol–water partition coefficient (Wildman–Crippen LogP) is 0.962. The quantitative estimate of drug-likeness (QED) is 0.698. The van der Waals surface area contributed by atoms with Crippen LogP contribution in [0.5, 0.6) is 0 Å². The van der Waals surface area contributed by atoms with Gasteiger partial charge in [0.1, 0.15) is 0 Å². The largest absolute Gasteiger partial charge is 0.352 e. The molecule has 0 aromatic rings. The monoisotopic (exact) mass is 241 g/mol. The van der Waals surface area contributed by atoms with Crippen molar-refractivity contribution in [3.05, 3.63) is 0 Å². The van der Waals surface area contributed by atoms with Gasteiger partial charge in [0.15, 0.2) is 0 Å². The van der Waals surface area contributed by atoms with E-state index in [4.69, 9.17) is 5.73 Å². The smallest absolute Gasteiger partial charge is 0.227 e. The molecular formula is C13H27N3O. The van der Waals surface area contributed by atoms with Crippen LogP contribution in [-0.4, -0.2) is 43.0 Å². The third kappa shape index (κ3) is 3.42. The van der Waals surface area contributed by atoms with Crippen LogP contribution in [0.25, 0.3) is 0 Å². The average molecular weight is 241 g/mol. The molecule has 1 aliphatic rings. The van der Waals surface area contributed by atoms with Crippen molar-refractivity contribution in [2.24, 2.45) is 11.1 Å². The number of carbonyl (C=O) groups is 1. The second-order valence-corrected chi connectivity index (χ2v) is 5.20. The summed E-state index contributed by atoms with van der Waals surface area (Å²) in [5, 5.41) is 3.11. The molecule has 4 nitrogen and oxygen atoms in total. The zero-order chi connectivity index (χ0) is 12.9. The molecule has 0 bridgehead atoms. The molecule has 1 aliphatic carbocycles. The lowest BCUT2D eigenvalue weighted by atomic mass is 9.68. The molecule has 1 amide bonds. The Bertz CT molecular complexity index is 242. The standard InChI is InChI=1S/C13H27N3O/c1-4-16(5-2)9-11(3)15-12(17)13(10-14)7-6-8-13/h11H,4-10,14H2,1-3H3,(H,15,17). The summed E-state index contributed by atoms with van der Waals surface area (Å²) in [6.07, 6.45) is 3.04. The van der Waals surface area contributed by atoms with Gasteiger partial charge in [0, 0.05) is 19.1 Å². The third-order valence-corrected chi connectivity index (χ3v) is 3.99. The Kier molecular flexibility index (Phi) is 5.40. The summed E-state index contributed by atoms with van der Waals surface area (Å²) < 4.78 is 0. The third-order valence-electron chi connectivity index (χ3n) is 3.99. The zero-order valence-corrected chi connectivity index (χ0v) is 11.5. The normalized spacial score (nSPS) is 19.8. The second kappa shape index (κ2) is 6.36. The Balaban J connectivity index is 2.40. The topological polar surface area (TPSA) is 58.4 Å². The van der Waals surface area contributed by atoms with Crippen molar-refractivity contribution in [2.45, 2.75) is 46.1 Å². The lowest BCUT2D eigenvalue weighted by Gasteiger charge is -2.40. The van der Waals surface area contributed by atoms with Crippen LogP contribution in [0, 0.1) is 5.41 Å². The molecule has 0 aromatic heterocycles. The van der Waals surface area contributed by atoms with Gasteiger partial charge in [-0.1, -0.05) is 20.3 Å². The Labute approximate surface area is 105 Å². The molecule has 0 saturated heterocycles. The molecule has 1 saturated carbocycles. The van der Waals surface area contributed by atoms with Gasteiger partial charge in [0.25, 0.3) is 0 Å². The van der Waals surface area contributed by atoms with Gasteiger partial charge in [0.2, 0.25) is 5.91 Å². The first kappa shape index (κ1) is 14.5. The van der Waals surface area contributed by atoms with Gasteiger partial charge in [-0.05, 0) is 32.9 Å². The Morgan fingerprint density at radius 3 is 2.35 bits per heavy atom. The van der Waals surface area contributed by atoms with Gasteiger partial charge in [-0.25, -0.2) is 0 Å². The number of carbonyl (C=O) groups excluding carboxylic acids is 1. The Morgan fingerprint density at radius 2 is 2.00 bits per heavy atom. The van der Waals surface area contributed by atoms with E-state index in [1.165, 1.54) is 0 Å². The number of rotatable bonds is 7. The fraction of sp³-hybridized carbons (Fsp3) is 0.923. The predicted molar refractivity (Wildman–Crippen MR) is 70.7 cm³/mol. The zero-order valence-electron chi connectivity index (χ0n) is 11.5. The lowest BCUT2D eigenvalue weighted by molar-refractivity contribution is -0.136. The van der Waals surface area contributed by atoms with Crippen molar-refractivity contribution in [2.75, 3.05) is 26.2 Å². The van der Waals surface area contributed by atoms with Crippen LogP contribution in [-0.2, 0) is 4.79 Å². The highest BCUT2D eigenvalue weighted by Gasteiger charge is 2.43. The Hall–Kier alpha value is -0.610. The molecule has 1 fully saturated rings. The van der Waals surface area contributed by atoms with Crippen LogP contribution in [0.3, 0.4) is 0 Å². The van der Waals surface area contributed by atoms with Crippen LogP contribution in [0.15, 0.2) is 0 Å². The van der Waals surface area contributed by atoms with E-state index < -0.39 is 0 Å². The maximum atomic E-state index is 12.1. The maximum Gasteiger partial charge on any atom is 0.227 e. The highest BCUT2D eigenvalue weighted by molar-refractivity contribution is 5.84. The summed E-state index contributed by atoms with van der Waals surface area (Å²) in [4.78, 5) is 14.5. The number of hydrogen-bond donors (Lipinski definition) is 2. The van der Waals surface area contributed by atoms with Crippen molar-refractivity contribution < 1.29 is 4.79 Å². The first-order chi connectivity index (χ1) is 8.07. The minimum atomic E-state index is -0.252. The molecule has 0 aliphatic heterocycles. The fourth-order valence-electron chi connectivity index (χ4n) is 2.42. The van der Waals surface area contributed by atoms with Crippen molar-refractivity contribution in [3.8, 4) is 0 Å². The minimum absolute atomic E-state index is 0.158. The lowest BCUT2D eigenvalue weighted by Crippen LogP contribution is -2.54. The number of nitrogens with one attached hydrogen (secondary N) is 1. The highest BCUT2D eigenvalue weighted by Crippen LogP contribution is 2.40. The molecule has 1 unspecified atom stereocenters. The van der Waals surface area contributed by atoms with E-state index in [9.17, 15) is 4.79 Å². The van der Waals surface area contributed by atoms with Crippen LogP contribution in [0.4, 0.5) is 0 Å². The van der Waals surface area contributed by atoms with E-state index in [-0.39, 0.29) is 17.4 Å². The number of nitrogens with zero attached hydrogens (tertiary/aromatic N) is 1. The van der Waals surface area contributed by atoms with Crippen molar-refractivity contribution in [1.82, 2.24) is 10.2 Å². The highest BCUT2D eigenvalue weighted by atomic mass is 16.2. The van der Waals surface area contributed by atoms with Gasteiger partial charge in [-0.2, -0.15) is 0 Å². The Morgan fingerprint density at radius 1 is 1.41 bits per heavy atom. The fourth-order valence-corrected chi connectivity index (χ4v) is 2.42. The van der Waals surface area contributed by atoms with Gasteiger partial charge in [-0.3, -0.25) is 4.79 Å². The molecule has 100 valence electrons. The van der Waals surface area contributed by atoms with Gasteiger partial charge < -0.3 is 16.0 Å². The first-order valence-corrected chi connectivity index (χ1v) is 6.81. The molecule has 17 heavy (non-hydrogen) atoms. The number of amides is 1. The van der Waals surface area contributed by atoms with E-state index in [1.807, 2.05) is 0 Å². The molecule has 0 heterocycles. The van der Waals surface area contributed by atoms with E-state index >= 15 is 0 Å². The number of hydrogen-bond acceptors (Lipinski definition) is 3. The van der Waals surface area contributed by atoms with E-state index in [1.54, 1.807) is 0 Å². The molecule has 1 atom stereocenters. The number of likely N-dealkylation sites (N-methyl/N-ethyl adjacent to an activating group) is 1. The number of nitrogens with two attached hydrogens (primary N) is 1. The summed E-state index contributed by atoms with van der Waals surface area (Å²) in [5.41, 5.74) is 5.48. The minimum Gasteiger partial charge on any atom is -0.352 e. The van der Waals surface area contributed by atoms with E-state index in [0.717, 1.165) is 38.9 Å². The molecule has 0 aromatic carbocycles. The summed E-state index contributed by atoms with van der Waals surface area (Å²) in [5.74, 6) is 0.158. The van der Waals surface area contributed by atoms with E-state index in [0.29, 0.717) is 6.54 Å². The van der Waals surface area contributed by atoms with Gasteiger partial charge in [0.05, 0.1) is 5.41 Å². The van der Waals surface area contributed by atoms with Gasteiger partial charge in [-0.15, -0.1) is 0 Å². The molecule has 4 heteroatoms. The molecule has 0 radical (unpaired) electrons. The molecule has 3 N–H and O–H groups in total. The van der Waals surface area contributed by atoms with E-state index in [2.05, 4.69) is 31.0 Å². The van der Waals surface area contributed by atoms with Crippen molar-refractivity contribution in [3.63, 3.8) is 0 Å². The van der Waals surface area contributed by atoms with Gasteiger partial charge >= 0.3 is 0 Å². The van der Waals surface area contributed by atoms with Crippen molar-refractivity contribution >= 4 is 5.91 Å². The molecule has 0 spiro atoms. The second-order valence-electron chi connectivity index (χ2n) is 5.20. The summed E-state index contributed by atoms with van der Waals surface area (Å²) in [6.45, 7) is 9.81. The average Bonchev–Trinajstić information content (AvgIpc) is 2.25. The van der Waals surface area contributed by atoms with Crippen LogP contribution in [0.2, 0.25) is 0 Å². The molecule has 1 rings (SSSR count).